The highest BCUT2D eigenvalue weighted by Gasteiger charge is 2.20. The van der Waals surface area contributed by atoms with Gasteiger partial charge in [0.2, 0.25) is 0 Å². The maximum atomic E-state index is 12.1. The number of imidazole rings is 1. The number of fused-ring (bicyclic) bond motifs is 2. The summed E-state index contributed by atoms with van der Waals surface area (Å²) in [5, 5.41) is 21.6. The number of aromatic nitrogens is 5. The molecule has 0 bridgehead atoms. The van der Waals surface area contributed by atoms with Gasteiger partial charge in [-0.3, -0.25) is 0 Å². The molecular weight excluding hydrogens is 480 g/mol. The Morgan fingerprint density at radius 2 is 1.74 bits per heavy atom. The Balaban J connectivity index is 1.53. The van der Waals surface area contributed by atoms with E-state index in [1.165, 1.54) is 7.11 Å². The fourth-order valence-corrected chi connectivity index (χ4v) is 4.53. The lowest BCUT2D eigenvalue weighted by Gasteiger charge is -2.10. The summed E-state index contributed by atoms with van der Waals surface area (Å²) in [6.07, 6.45) is 7.05. The van der Waals surface area contributed by atoms with E-state index in [9.17, 15) is 9.90 Å². The van der Waals surface area contributed by atoms with Crippen LogP contribution < -0.4 is 0 Å². The highest BCUT2D eigenvalue weighted by molar-refractivity contribution is 6.22. The molecule has 0 unspecified atom stereocenters. The van der Waals surface area contributed by atoms with E-state index in [1.807, 2.05) is 60.3 Å². The number of aryl methyl sites for hydroxylation is 1. The van der Waals surface area contributed by atoms with Crippen LogP contribution in [-0.2, 0) is 11.8 Å². The normalized spacial score (nSPS) is 11.8. The molecule has 0 spiro atoms. The van der Waals surface area contributed by atoms with Gasteiger partial charge in [0.25, 0.3) is 0 Å². The molecule has 186 valence electrons. The third-order valence-electron chi connectivity index (χ3n) is 6.44. The average molecular weight is 503 g/mol. The first-order valence-corrected chi connectivity index (χ1v) is 11.8. The van der Waals surface area contributed by atoms with Crippen molar-refractivity contribution < 1.29 is 14.6 Å². The van der Waals surface area contributed by atoms with Crippen LogP contribution in [0.1, 0.15) is 21.5 Å². The number of hydrogen-bond acceptors (Lipinski definition) is 7. The van der Waals surface area contributed by atoms with Crippen LogP contribution in [0.25, 0.3) is 33.1 Å². The molecule has 6 aromatic rings. The number of ether oxygens (including phenoxy) is 1. The quantitative estimate of drug-likeness (QED) is 0.248. The Kier molecular flexibility index (Phi) is 5.65. The minimum Gasteiger partial charge on any atom is -0.494 e. The van der Waals surface area contributed by atoms with Crippen LogP contribution in [0.2, 0.25) is 0 Å². The summed E-state index contributed by atoms with van der Waals surface area (Å²) in [6.45, 7) is 0. The molecule has 0 atom stereocenters. The molecule has 0 aliphatic carbocycles. The number of H-pyrrole nitrogens is 1. The highest BCUT2D eigenvalue weighted by atomic mass is 16.5. The first kappa shape index (κ1) is 23.1. The number of esters is 1. The van der Waals surface area contributed by atoms with Crippen molar-refractivity contribution >= 4 is 39.0 Å². The van der Waals surface area contributed by atoms with Crippen LogP contribution in [0.15, 0.2) is 90.4 Å². The van der Waals surface area contributed by atoms with Gasteiger partial charge in [-0.25, -0.2) is 14.8 Å². The van der Waals surface area contributed by atoms with Crippen LogP contribution in [0, 0.1) is 0 Å². The molecule has 0 saturated carbocycles. The number of nitrogens with zero attached hydrogens (tertiary/aromatic N) is 5. The topological polar surface area (TPSA) is 118 Å². The number of aromatic hydroxyl groups is 1. The maximum Gasteiger partial charge on any atom is 0.337 e. The average Bonchev–Trinajstić information content (AvgIpc) is 3.52. The molecule has 0 aliphatic heterocycles. The lowest BCUT2D eigenvalue weighted by molar-refractivity contribution is 0.0601. The van der Waals surface area contributed by atoms with Gasteiger partial charge in [0.15, 0.2) is 5.88 Å². The van der Waals surface area contributed by atoms with Crippen molar-refractivity contribution in [3.63, 3.8) is 0 Å². The van der Waals surface area contributed by atoms with Crippen molar-refractivity contribution in [1.29, 1.82) is 0 Å². The van der Waals surface area contributed by atoms with Crippen molar-refractivity contribution in [3.05, 3.63) is 102 Å². The first-order chi connectivity index (χ1) is 18.5. The molecule has 6 rings (SSSR count). The number of nitrogens with one attached hydrogen (secondary N) is 1. The van der Waals surface area contributed by atoms with Gasteiger partial charge in [-0.1, -0.05) is 18.2 Å². The fraction of sp³-hybridized carbons (Fsp3) is 0.0690. The number of benzene rings is 3. The van der Waals surface area contributed by atoms with Gasteiger partial charge in [0.05, 0.1) is 42.0 Å². The molecular formula is C29H22N6O3. The Bertz CT molecular complexity index is 1850. The van der Waals surface area contributed by atoms with Crippen molar-refractivity contribution in [2.75, 3.05) is 7.11 Å². The Morgan fingerprint density at radius 1 is 0.974 bits per heavy atom. The second-order valence-electron chi connectivity index (χ2n) is 8.80. The number of carbonyl (C=O) groups excluding carboxylic acids is 1. The maximum absolute atomic E-state index is 12.1. The molecule has 38 heavy (non-hydrogen) atoms. The molecule has 0 aliphatic rings. The van der Waals surface area contributed by atoms with Gasteiger partial charge >= 0.3 is 5.97 Å². The van der Waals surface area contributed by atoms with Gasteiger partial charge in [0, 0.05) is 52.2 Å². The third kappa shape index (κ3) is 4.05. The number of aliphatic imine (C=N–C) groups is 1. The summed E-state index contributed by atoms with van der Waals surface area (Å²) >= 11 is 0. The SMILES string of the molecule is COC(=O)c1ccc2c(C(=Nc3ccc(-c4nccn4C)cc3)c3ccc4cnncc4c3)c(O)[nH]c2c1. The third-order valence-corrected chi connectivity index (χ3v) is 6.44. The monoisotopic (exact) mass is 502 g/mol. The zero-order valence-electron chi connectivity index (χ0n) is 20.6. The largest absolute Gasteiger partial charge is 0.494 e. The molecule has 2 N–H and O–H groups in total. The molecule has 0 saturated heterocycles. The predicted molar refractivity (Wildman–Crippen MR) is 145 cm³/mol. The second kappa shape index (κ2) is 9.29. The smallest absolute Gasteiger partial charge is 0.337 e. The lowest BCUT2D eigenvalue weighted by Crippen LogP contribution is -2.04. The van der Waals surface area contributed by atoms with E-state index < -0.39 is 5.97 Å². The van der Waals surface area contributed by atoms with E-state index in [0.717, 1.165) is 27.7 Å². The molecule has 3 heterocycles. The van der Waals surface area contributed by atoms with Crippen molar-refractivity contribution in [3.8, 4) is 17.3 Å². The molecule has 0 fully saturated rings. The standard InChI is InChI=1S/C29H22N6O3/c1-35-12-11-30-27(35)17-5-8-22(9-6-17)33-26(18-3-4-20-15-31-32-16-21(20)13-18)25-23-10-7-19(29(37)38-2)14-24(23)34-28(25)36/h3-16,34,36H,1-2H3. The van der Waals surface area contributed by atoms with Crippen LogP contribution in [0.3, 0.4) is 0 Å². The van der Waals surface area contributed by atoms with Gasteiger partial charge in [-0.05, 0) is 42.5 Å². The van der Waals surface area contributed by atoms with E-state index in [4.69, 9.17) is 9.73 Å². The number of rotatable bonds is 5. The minimum absolute atomic E-state index is 0.0571. The van der Waals surface area contributed by atoms with Crippen LogP contribution in [-0.4, -0.2) is 48.6 Å². The minimum atomic E-state index is -0.458. The molecule has 9 heteroatoms. The Hall–Kier alpha value is -5.31. The van der Waals surface area contributed by atoms with Gasteiger partial charge in [-0.2, -0.15) is 10.2 Å². The van der Waals surface area contributed by atoms with E-state index in [1.54, 1.807) is 36.8 Å². The van der Waals surface area contributed by atoms with E-state index in [2.05, 4.69) is 20.2 Å². The summed E-state index contributed by atoms with van der Waals surface area (Å²) in [4.78, 5) is 24.5. The van der Waals surface area contributed by atoms with E-state index in [0.29, 0.717) is 33.4 Å². The Labute approximate surface area is 217 Å². The number of carbonyl (C=O) groups is 1. The molecule has 3 aromatic heterocycles. The predicted octanol–water partition coefficient (Wildman–Crippen LogP) is 5.17. The summed E-state index contributed by atoms with van der Waals surface area (Å²) in [6, 6.07) is 18.7. The van der Waals surface area contributed by atoms with E-state index in [-0.39, 0.29) is 5.88 Å². The van der Waals surface area contributed by atoms with Gasteiger partial charge in [0.1, 0.15) is 5.82 Å². The Morgan fingerprint density at radius 3 is 2.47 bits per heavy atom. The first-order valence-electron chi connectivity index (χ1n) is 11.8. The zero-order valence-corrected chi connectivity index (χ0v) is 20.6. The van der Waals surface area contributed by atoms with Crippen molar-refractivity contribution in [2.24, 2.45) is 12.0 Å². The van der Waals surface area contributed by atoms with Crippen LogP contribution >= 0.6 is 0 Å². The van der Waals surface area contributed by atoms with E-state index >= 15 is 0 Å². The van der Waals surface area contributed by atoms with Gasteiger partial charge < -0.3 is 19.4 Å². The van der Waals surface area contributed by atoms with Gasteiger partial charge in [-0.15, -0.1) is 0 Å². The second-order valence-corrected chi connectivity index (χ2v) is 8.80. The number of aromatic amines is 1. The van der Waals surface area contributed by atoms with Crippen LogP contribution in [0.5, 0.6) is 5.88 Å². The summed E-state index contributed by atoms with van der Waals surface area (Å²) in [7, 11) is 3.28. The van der Waals surface area contributed by atoms with Crippen LogP contribution in [0.4, 0.5) is 5.69 Å². The molecule has 9 nitrogen and oxygen atoms in total. The fourth-order valence-electron chi connectivity index (χ4n) is 4.53. The zero-order chi connectivity index (χ0) is 26.2. The summed E-state index contributed by atoms with van der Waals surface area (Å²) < 4.78 is 6.80. The summed E-state index contributed by atoms with van der Waals surface area (Å²) in [5.74, 6) is 0.338. The highest BCUT2D eigenvalue weighted by Crippen LogP contribution is 2.33. The molecule has 3 aromatic carbocycles. The number of methoxy groups -OCH3 is 1. The molecule has 0 radical (unpaired) electrons. The number of hydrogen-bond donors (Lipinski definition) is 2. The molecule has 0 amide bonds. The summed E-state index contributed by atoms with van der Waals surface area (Å²) in [5.41, 5.74) is 4.49. The van der Waals surface area contributed by atoms with Crippen molar-refractivity contribution in [2.45, 2.75) is 0 Å². The lowest BCUT2D eigenvalue weighted by atomic mass is 9.98. The van der Waals surface area contributed by atoms with Crippen molar-refractivity contribution in [1.82, 2.24) is 24.7 Å².